The van der Waals surface area contributed by atoms with Crippen molar-refractivity contribution in [3.05, 3.63) is 130 Å². The van der Waals surface area contributed by atoms with Crippen molar-refractivity contribution in [2.75, 3.05) is 0 Å². The van der Waals surface area contributed by atoms with Crippen LogP contribution in [0.15, 0.2) is 103 Å². The zero-order valence-corrected chi connectivity index (χ0v) is 16.9. The first-order valence-electron chi connectivity index (χ1n) is 10.3. The molecular weight excluding hydrogens is 384 g/mol. The fourth-order valence-electron chi connectivity index (χ4n) is 5.81. The molecule has 0 aromatic heterocycles. The maximum absolute atomic E-state index is 6.32. The van der Waals surface area contributed by atoms with Gasteiger partial charge >= 0.3 is 0 Å². The summed E-state index contributed by atoms with van der Waals surface area (Å²) >= 11 is 6.32. The average Bonchev–Trinajstić information content (AvgIpc) is 3.25. The normalized spacial score (nSPS) is 14.4. The number of fused-ring (bicyclic) bond motifs is 11. The summed E-state index contributed by atoms with van der Waals surface area (Å²) in [5, 5.41) is 3.19. The van der Waals surface area contributed by atoms with E-state index in [0.717, 1.165) is 5.02 Å². The molecule has 0 unspecified atom stereocenters. The third-order valence-corrected chi connectivity index (χ3v) is 7.15. The first-order valence-corrected chi connectivity index (χ1v) is 10.7. The first-order chi connectivity index (χ1) is 14.8. The molecule has 30 heavy (non-hydrogen) atoms. The lowest BCUT2D eigenvalue weighted by Gasteiger charge is -2.30. The molecule has 0 saturated carbocycles. The van der Waals surface area contributed by atoms with Crippen molar-refractivity contribution in [2.45, 2.75) is 5.41 Å². The number of benzene rings is 5. The van der Waals surface area contributed by atoms with Gasteiger partial charge < -0.3 is 0 Å². The summed E-state index contributed by atoms with van der Waals surface area (Å²) in [5.41, 5.74) is 10.5. The standard InChI is InChI=1S/C29H17Cl/c30-20-14-13-18-17-28-24(16-19(18)15-20)23-9-3-6-12-27(23)29(28)25-10-4-1-7-21(25)22-8-2-5-11-26(22)29/h1-17H. The summed E-state index contributed by atoms with van der Waals surface area (Å²) in [6.45, 7) is 0. The van der Waals surface area contributed by atoms with E-state index in [0.29, 0.717) is 0 Å². The van der Waals surface area contributed by atoms with E-state index in [1.807, 2.05) is 6.07 Å². The summed E-state index contributed by atoms with van der Waals surface area (Å²) < 4.78 is 0. The van der Waals surface area contributed by atoms with Gasteiger partial charge in [-0.25, -0.2) is 0 Å². The molecule has 0 fully saturated rings. The maximum Gasteiger partial charge on any atom is 0.0725 e. The van der Waals surface area contributed by atoms with Crippen molar-refractivity contribution in [1.82, 2.24) is 0 Å². The summed E-state index contributed by atoms with van der Waals surface area (Å²) in [5.74, 6) is 0. The summed E-state index contributed by atoms with van der Waals surface area (Å²) in [7, 11) is 0. The molecule has 1 heteroatoms. The molecule has 0 atom stereocenters. The highest BCUT2D eigenvalue weighted by atomic mass is 35.5. The molecule has 140 valence electrons. The van der Waals surface area contributed by atoms with Crippen molar-refractivity contribution in [1.29, 1.82) is 0 Å². The quantitative estimate of drug-likeness (QED) is 0.243. The Morgan fingerprint density at radius 3 is 1.57 bits per heavy atom. The number of rotatable bonds is 0. The fourth-order valence-corrected chi connectivity index (χ4v) is 5.99. The number of hydrogen-bond acceptors (Lipinski definition) is 0. The van der Waals surface area contributed by atoms with Gasteiger partial charge in [0.05, 0.1) is 5.41 Å². The maximum atomic E-state index is 6.32. The van der Waals surface area contributed by atoms with Crippen LogP contribution in [0.5, 0.6) is 0 Å². The highest BCUT2D eigenvalue weighted by molar-refractivity contribution is 6.31. The van der Waals surface area contributed by atoms with Crippen molar-refractivity contribution < 1.29 is 0 Å². The van der Waals surface area contributed by atoms with Gasteiger partial charge in [0, 0.05) is 5.02 Å². The Bertz CT molecular complexity index is 1460. The minimum absolute atomic E-state index is 0.271. The van der Waals surface area contributed by atoms with Crippen LogP contribution in [0.1, 0.15) is 22.3 Å². The molecular formula is C29H17Cl. The monoisotopic (exact) mass is 400 g/mol. The Labute approximate surface area is 180 Å². The van der Waals surface area contributed by atoms with Crippen LogP contribution in [0.4, 0.5) is 0 Å². The lowest BCUT2D eigenvalue weighted by atomic mass is 9.70. The zero-order chi connectivity index (χ0) is 19.9. The summed E-state index contributed by atoms with van der Waals surface area (Å²) in [6.07, 6.45) is 0. The van der Waals surface area contributed by atoms with Gasteiger partial charge in [-0.3, -0.25) is 0 Å². The SMILES string of the molecule is Clc1ccc2cc3c(cc2c1)-c1ccccc1C31c2ccccc2-c2ccccc21. The van der Waals surface area contributed by atoms with Crippen LogP contribution < -0.4 is 0 Å². The van der Waals surface area contributed by atoms with Crippen LogP contribution in [0.3, 0.4) is 0 Å². The predicted octanol–water partition coefficient (Wildman–Crippen LogP) is 7.84. The van der Waals surface area contributed by atoms with Crippen molar-refractivity contribution >= 4 is 22.4 Å². The summed E-state index contributed by atoms with van der Waals surface area (Å²) in [4.78, 5) is 0. The van der Waals surface area contributed by atoms with Crippen molar-refractivity contribution in [2.24, 2.45) is 0 Å². The van der Waals surface area contributed by atoms with Crippen LogP contribution in [0.25, 0.3) is 33.0 Å². The third kappa shape index (κ3) is 1.84. The van der Waals surface area contributed by atoms with Crippen molar-refractivity contribution in [3.8, 4) is 22.3 Å². The van der Waals surface area contributed by atoms with Gasteiger partial charge in [-0.2, -0.15) is 0 Å². The minimum atomic E-state index is -0.271. The average molecular weight is 401 g/mol. The predicted molar refractivity (Wildman–Crippen MR) is 125 cm³/mol. The fraction of sp³-hybridized carbons (Fsp3) is 0.0345. The molecule has 0 N–H and O–H groups in total. The first kappa shape index (κ1) is 16.4. The Morgan fingerprint density at radius 1 is 0.433 bits per heavy atom. The number of halogens is 1. The van der Waals surface area contributed by atoms with Crippen LogP contribution in [-0.4, -0.2) is 0 Å². The van der Waals surface area contributed by atoms with E-state index in [4.69, 9.17) is 11.6 Å². The van der Waals surface area contributed by atoms with Gasteiger partial charge in [-0.05, 0) is 79.5 Å². The molecule has 0 saturated heterocycles. The van der Waals surface area contributed by atoms with Gasteiger partial charge in [0.25, 0.3) is 0 Å². The van der Waals surface area contributed by atoms with Crippen molar-refractivity contribution in [3.63, 3.8) is 0 Å². The molecule has 0 bridgehead atoms. The third-order valence-electron chi connectivity index (χ3n) is 6.92. The molecule has 2 aliphatic carbocycles. The van der Waals surface area contributed by atoms with E-state index < -0.39 is 0 Å². The topological polar surface area (TPSA) is 0 Å². The minimum Gasteiger partial charge on any atom is -0.0843 e. The Balaban J connectivity index is 1.72. The zero-order valence-electron chi connectivity index (χ0n) is 16.2. The Hall–Kier alpha value is -3.35. The molecule has 1 spiro atoms. The molecule has 7 rings (SSSR count). The van der Waals surface area contributed by atoms with Crippen LogP contribution >= 0.6 is 11.6 Å². The molecule has 0 radical (unpaired) electrons. The molecule has 0 nitrogen and oxygen atoms in total. The molecule has 5 aromatic rings. The lowest BCUT2D eigenvalue weighted by molar-refractivity contribution is 0.795. The molecule has 0 aliphatic heterocycles. The van der Waals surface area contributed by atoms with E-state index in [9.17, 15) is 0 Å². The van der Waals surface area contributed by atoms with Crippen LogP contribution in [-0.2, 0) is 5.41 Å². The van der Waals surface area contributed by atoms with Gasteiger partial charge in [-0.15, -0.1) is 0 Å². The molecule has 0 heterocycles. The van der Waals surface area contributed by atoms with E-state index in [-0.39, 0.29) is 5.41 Å². The van der Waals surface area contributed by atoms with Crippen LogP contribution in [0, 0.1) is 0 Å². The number of hydrogen-bond donors (Lipinski definition) is 0. The van der Waals surface area contributed by atoms with Gasteiger partial charge in [-0.1, -0.05) is 90.5 Å². The largest absolute Gasteiger partial charge is 0.0843 e. The van der Waals surface area contributed by atoms with Gasteiger partial charge in [0.15, 0.2) is 0 Å². The molecule has 5 aromatic carbocycles. The Kier molecular flexibility index (Phi) is 3.08. The second kappa shape index (κ2) is 5.62. The highest BCUT2D eigenvalue weighted by Gasteiger charge is 2.51. The van der Waals surface area contributed by atoms with Gasteiger partial charge in [0.2, 0.25) is 0 Å². The van der Waals surface area contributed by atoms with E-state index >= 15 is 0 Å². The molecule has 2 aliphatic rings. The van der Waals surface area contributed by atoms with E-state index in [1.54, 1.807) is 0 Å². The lowest BCUT2D eigenvalue weighted by Crippen LogP contribution is -2.25. The van der Waals surface area contributed by atoms with Crippen LogP contribution in [0.2, 0.25) is 5.02 Å². The Morgan fingerprint density at radius 2 is 0.967 bits per heavy atom. The second-order valence-electron chi connectivity index (χ2n) is 8.28. The smallest absolute Gasteiger partial charge is 0.0725 e. The van der Waals surface area contributed by atoms with E-state index in [1.165, 1.54) is 55.3 Å². The second-order valence-corrected chi connectivity index (χ2v) is 8.71. The summed E-state index contributed by atoms with van der Waals surface area (Å²) in [6, 6.07) is 37.6. The highest BCUT2D eigenvalue weighted by Crippen LogP contribution is 2.62. The van der Waals surface area contributed by atoms with E-state index in [2.05, 4.69) is 97.1 Å². The van der Waals surface area contributed by atoms with Gasteiger partial charge in [0.1, 0.15) is 0 Å². The molecule has 0 amide bonds.